The summed E-state index contributed by atoms with van der Waals surface area (Å²) in [7, 11) is 0. The molecule has 4 heterocycles. The van der Waals surface area contributed by atoms with E-state index in [4.69, 9.17) is 4.74 Å². The Bertz CT molecular complexity index is 982. The number of aromatic nitrogens is 4. The Hall–Kier alpha value is -3.25. The van der Waals surface area contributed by atoms with Gasteiger partial charge in [0, 0.05) is 36.4 Å². The van der Waals surface area contributed by atoms with Gasteiger partial charge in [0.05, 0.1) is 5.69 Å². The molecule has 0 aliphatic heterocycles. The zero-order chi connectivity index (χ0) is 17.6. The first kappa shape index (κ1) is 16.2. The highest BCUT2D eigenvalue weighted by atomic mass is 32.2. The lowest BCUT2D eigenvalue weighted by Crippen LogP contribution is -1.96. The zero-order valence-electron chi connectivity index (χ0n) is 13.7. The fraction of sp³-hybridized carbons (Fsp3) is 0. The minimum Gasteiger partial charge on any atom is -0.435 e. The highest BCUT2D eigenvalue weighted by Crippen LogP contribution is 2.40. The summed E-state index contributed by atoms with van der Waals surface area (Å²) in [5.74, 6) is 1.11. The largest absolute Gasteiger partial charge is 0.435 e. The van der Waals surface area contributed by atoms with Gasteiger partial charge < -0.3 is 4.74 Å². The third-order valence-electron chi connectivity index (χ3n) is 3.50. The molecule has 4 rings (SSSR count). The molecule has 126 valence electrons. The van der Waals surface area contributed by atoms with Crippen LogP contribution in [0.25, 0.3) is 11.3 Å². The molecule has 26 heavy (non-hydrogen) atoms. The standard InChI is InChI=1S/C20H14N4OS/c1-4-11-21-16(7-1)15-10-14-24-20(26-18-9-3-6-13-23-18)19(15)25-17-8-2-5-12-22-17/h1-14H. The van der Waals surface area contributed by atoms with E-state index in [0.29, 0.717) is 16.7 Å². The maximum atomic E-state index is 6.11. The molecular weight excluding hydrogens is 344 g/mol. The van der Waals surface area contributed by atoms with Crippen molar-refractivity contribution in [3.05, 3.63) is 85.5 Å². The predicted molar refractivity (Wildman–Crippen MR) is 100 cm³/mol. The molecule has 0 aromatic carbocycles. The van der Waals surface area contributed by atoms with Crippen molar-refractivity contribution >= 4 is 11.8 Å². The summed E-state index contributed by atoms with van der Waals surface area (Å²) < 4.78 is 6.11. The van der Waals surface area contributed by atoms with E-state index in [-0.39, 0.29) is 0 Å². The highest BCUT2D eigenvalue weighted by Gasteiger charge is 2.17. The highest BCUT2D eigenvalue weighted by molar-refractivity contribution is 7.99. The van der Waals surface area contributed by atoms with Crippen LogP contribution in [-0.4, -0.2) is 19.9 Å². The number of pyridine rings is 4. The van der Waals surface area contributed by atoms with Crippen molar-refractivity contribution in [1.82, 2.24) is 19.9 Å². The van der Waals surface area contributed by atoms with E-state index in [9.17, 15) is 0 Å². The van der Waals surface area contributed by atoms with Crippen molar-refractivity contribution in [2.75, 3.05) is 0 Å². The normalized spacial score (nSPS) is 10.5. The number of rotatable bonds is 5. The van der Waals surface area contributed by atoms with Crippen molar-refractivity contribution in [2.45, 2.75) is 10.1 Å². The first-order chi connectivity index (χ1) is 12.9. The average Bonchev–Trinajstić information content (AvgIpc) is 2.71. The Kier molecular flexibility index (Phi) is 4.84. The number of nitrogens with zero attached hydrogens (tertiary/aromatic N) is 4. The Morgan fingerprint density at radius 3 is 2.12 bits per heavy atom. The topological polar surface area (TPSA) is 60.8 Å². The molecule has 0 aliphatic rings. The molecule has 0 radical (unpaired) electrons. The van der Waals surface area contributed by atoms with Gasteiger partial charge in [-0.1, -0.05) is 18.2 Å². The van der Waals surface area contributed by atoms with Crippen LogP contribution in [-0.2, 0) is 0 Å². The van der Waals surface area contributed by atoms with Crippen molar-refractivity contribution in [1.29, 1.82) is 0 Å². The van der Waals surface area contributed by atoms with E-state index in [1.807, 2.05) is 60.7 Å². The Morgan fingerprint density at radius 1 is 0.654 bits per heavy atom. The lowest BCUT2D eigenvalue weighted by molar-refractivity contribution is 0.449. The van der Waals surface area contributed by atoms with E-state index < -0.39 is 0 Å². The summed E-state index contributed by atoms with van der Waals surface area (Å²) in [5, 5.41) is 1.54. The van der Waals surface area contributed by atoms with Crippen LogP contribution in [0.15, 0.2) is 95.5 Å². The van der Waals surface area contributed by atoms with Crippen molar-refractivity contribution < 1.29 is 4.74 Å². The fourth-order valence-corrected chi connectivity index (χ4v) is 3.16. The van der Waals surface area contributed by atoms with Crippen LogP contribution < -0.4 is 4.74 Å². The Balaban J connectivity index is 1.80. The van der Waals surface area contributed by atoms with Crippen molar-refractivity contribution in [3.63, 3.8) is 0 Å². The van der Waals surface area contributed by atoms with Gasteiger partial charge in [0.1, 0.15) is 10.1 Å². The quantitative estimate of drug-likeness (QED) is 0.507. The second-order valence-electron chi connectivity index (χ2n) is 5.25. The lowest BCUT2D eigenvalue weighted by atomic mass is 10.1. The van der Waals surface area contributed by atoms with Crippen LogP contribution in [0.1, 0.15) is 0 Å². The minimum absolute atomic E-state index is 0.501. The summed E-state index contributed by atoms with van der Waals surface area (Å²) in [6.07, 6.45) is 6.95. The molecule has 0 bridgehead atoms. The maximum absolute atomic E-state index is 6.11. The van der Waals surface area contributed by atoms with Crippen LogP contribution in [0.5, 0.6) is 11.6 Å². The van der Waals surface area contributed by atoms with Crippen LogP contribution in [0.2, 0.25) is 0 Å². The minimum atomic E-state index is 0.501. The fourth-order valence-electron chi connectivity index (χ4n) is 2.34. The van der Waals surface area contributed by atoms with Gasteiger partial charge in [-0.2, -0.15) is 0 Å². The second-order valence-corrected chi connectivity index (χ2v) is 6.26. The summed E-state index contributed by atoms with van der Waals surface area (Å²) in [6, 6.07) is 19.0. The van der Waals surface area contributed by atoms with Gasteiger partial charge in [0.15, 0.2) is 5.75 Å². The Morgan fingerprint density at radius 2 is 1.42 bits per heavy atom. The number of hydrogen-bond acceptors (Lipinski definition) is 6. The van der Waals surface area contributed by atoms with Crippen molar-refractivity contribution in [2.24, 2.45) is 0 Å². The van der Waals surface area contributed by atoms with E-state index >= 15 is 0 Å². The molecule has 4 aromatic rings. The van der Waals surface area contributed by atoms with Crippen LogP contribution in [0.4, 0.5) is 0 Å². The molecule has 0 saturated carbocycles. The molecule has 0 atom stereocenters. The first-order valence-corrected chi connectivity index (χ1v) is 8.80. The third kappa shape index (κ3) is 3.70. The third-order valence-corrected chi connectivity index (χ3v) is 4.43. The molecule has 4 aromatic heterocycles. The number of ether oxygens (including phenoxy) is 1. The van der Waals surface area contributed by atoms with Crippen molar-refractivity contribution in [3.8, 4) is 22.9 Å². The molecule has 0 aliphatic carbocycles. The van der Waals surface area contributed by atoms with E-state index in [1.54, 1.807) is 24.8 Å². The smallest absolute Gasteiger partial charge is 0.219 e. The maximum Gasteiger partial charge on any atom is 0.219 e. The van der Waals surface area contributed by atoms with Gasteiger partial charge in [0.2, 0.25) is 5.88 Å². The predicted octanol–water partition coefficient (Wildman–Crippen LogP) is 4.88. The summed E-state index contributed by atoms with van der Waals surface area (Å²) in [5.41, 5.74) is 1.66. The molecule has 5 nitrogen and oxygen atoms in total. The Labute approximate surface area is 155 Å². The molecule has 0 unspecified atom stereocenters. The van der Waals surface area contributed by atoms with E-state index in [0.717, 1.165) is 16.3 Å². The SMILES string of the molecule is c1ccc(Oc2c(-c3ccccn3)ccnc2Sc2ccccn2)nc1. The lowest BCUT2D eigenvalue weighted by Gasteiger charge is -2.13. The molecule has 0 spiro atoms. The second kappa shape index (κ2) is 7.76. The van der Waals surface area contributed by atoms with Gasteiger partial charge in [0.25, 0.3) is 0 Å². The molecule has 0 saturated heterocycles. The first-order valence-electron chi connectivity index (χ1n) is 7.98. The average molecular weight is 358 g/mol. The molecule has 0 fully saturated rings. The van der Waals surface area contributed by atoms with E-state index in [2.05, 4.69) is 19.9 Å². The zero-order valence-corrected chi connectivity index (χ0v) is 14.5. The van der Waals surface area contributed by atoms with Crippen LogP contribution in [0.3, 0.4) is 0 Å². The summed E-state index contributed by atoms with van der Waals surface area (Å²) in [4.78, 5) is 17.6. The summed E-state index contributed by atoms with van der Waals surface area (Å²) >= 11 is 1.44. The summed E-state index contributed by atoms with van der Waals surface area (Å²) in [6.45, 7) is 0. The molecule has 0 N–H and O–H groups in total. The molecule has 6 heteroatoms. The van der Waals surface area contributed by atoms with Gasteiger partial charge in [-0.15, -0.1) is 0 Å². The van der Waals surface area contributed by atoms with Gasteiger partial charge in [-0.25, -0.2) is 15.0 Å². The van der Waals surface area contributed by atoms with E-state index in [1.165, 1.54) is 11.8 Å². The van der Waals surface area contributed by atoms with Crippen LogP contribution in [0, 0.1) is 0 Å². The number of hydrogen-bond donors (Lipinski definition) is 0. The van der Waals surface area contributed by atoms with Gasteiger partial charge >= 0.3 is 0 Å². The molecule has 0 amide bonds. The van der Waals surface area contributed by atoms with Crippen LogP contribution >= 0.6 is 11.8 Å². The molecular formula is C20H14N4OS. The monoisotopic (exact) mass is 358 g/mol. The van der Waals surface area contributed by atoms with Gasteiger partial charge in [-0.05, 0) is 48.2 Å². The van der Waals surface area contributed by atoms with Gasteiger partial charge in [-0.3, -0.25) is 4.98 Å².